The minimum absolute atomic E-state index is 0.131. The second-order valence-corrected chi connectivity index (χ2v) is 5.22. The molecule has 114 valence electrons. The summed E-state index contributed by atoms with van der Waals surface area (Å²) in [5, 5.41) is 18.5. The van der Waals surface area contributed by atoms with Gasteiger partial charge in [0, 0.05) is 11.3 Å². The van der Waals surface area contributed by atoms with Crippen LogP contribution in [0.15, 0.2) is 24.3 Å². The second-order valence-electron chi connectivity index (χ2n) is 5.22. The van der Waals surface area contributed by atoms with Gasteiger partial charge in [-0.25, -0.2) is 4.79 Å². The van der Waals surface area contributed by atoms with Crippen LogP contribution in [0.4, 0.5) is 0 Å². The van der Waals surface area contributed by atoms with Crippen LogP contribution >= 0.6 is 0 Å². The number of aromatic amines is 1. The Hall–Kier alpha value is -2.58. The minimum Gasteiger partial charge on any atom is -0.456 e. The molecule has 0 unspecified atom stereocenters. The van der Waals surface area contributed by atoms with Crippen LogP contribution in [0.2, 0.25) is 0 Å². The van der Waals surface area contributed by atoms with Gasteiger partial charge in [-0.05, 0) is 44.0 Å². The lowest BCUT2D eigenvalue weighted by atomic mass is 10.1. The predicted octanol–water partition coefficient (Wildman–Crippen LogP) is 2.91. The Balaban J connectivity index is 2.09. The summed E-state index contributed by atoms with van der Waals surface area (Å²) < 4.78 is 5.28. The van der Waals surface area contributed by atoms with Crippen molar-refractivity contribution in [3.63, 3.8) is 0 Å². The van der Waals surface area contributed by atoms with Crippen LogP contribution in [0.5, 0.6) is 0 Å². The molecule has 0 amide bonds. The van der Waals surface area contributed by atoms with Gasteiger partial charge in [0.15, 0.2) is 0 Å². The van der Waals surface area contributed by atoms with E-state index in [1.165, 1.54) is 0 Å². The highest BCUT2D eigenvalue weighted by Gasteiger charge is 2.20. The van der Waals surface area contributed by atoms with Crippen LogP contribution in [0.25, 0.3) is 0 Å². The molecule has 0 fully saturated rings. The van der Waals surface area contributed by atoms with Gasteiger partial charge < -0.3 is 14.8 Å². The third kappa shape index (κ3) is 3.18. The molecule has 0 aliphatic heterocycles. The molecule has 1 heterocycles. The average molecular weight is 298 g/mol. The Morgan fingerprint density at radius 2 is 2.00 bits per heavy atom. The van der Waals surface area contributed by atoms with E-state index in [4.69, 9.17) is 10.00 Å². The smallest absolute Gasteiger partial charge is 0.355 e. The summed E-state index contributed by atoms with van der Waals surface area (Å²) in [6, 6.07) is 8.89. The van der Waals surface area contributed by atoms with Crippen LogP contribution in [0.3, 0.4) is 0 Å². The van der Waals surface area contributed by atoms with E-state index in [1.807, 2.05) is 13.0 Å². The molecule has 22 heavy (non-hydrogen) atoms. The maximum absolute atomic E-state index is 12.2. The number of nitrogens with one attached hydrogen (secondary N) is 1. The summed E-state index contributed by atoms with van der Waals surface area (Å²) in [6.07, 6.45) is -0.642. The Bertz CT molecular complexity index is 722. The van der Waals surface area contributed by atoms with Gasteiger partial charge in [-0.1, -0.05) is 12.1 Å². The third-order valence-corrected chi connectivity index (χ3v) is 3.57. The molecule has 5 heteroatoms. The van der Waals surface area contributed by atoms with Crippen LogP contribution in [-0.4, -0.2) is 16.1 Å². The number of rotatable bonds is 4. The molecule has 1 atom stereocenters. The van der Waals surface area contributed by atoms with E-state index in [-0.39, 0.29) is 6.61 Å². The zero-order chi connectivity index (χ0) is 16.3. The van der Waals surface area contributed by atoms with Gasteiger partial charge in [0.1, 0.15) is 12.3 Å². The van der Waals surface area contributed by atoms with E-state index in [1.54, 1.807) is 38.1 Å². The molecule has 0 bridgehead atoms. The fraction of sp³-hybridized carbons (Fsp3) is 0.294. The van der Waals surface area contributed by atoms with Gasteiger partial charge in [0.2, 0.25) is 0 Å². The number of benzene rings is 1. The average Bonchev–Trinajstić information content (AvgIpc) is 2.80. The van der Waals surface area contributed by atoms with Crippen LogP contribution in [-0.2, 0) is 11.3 Å². The first-order chi connectivity index (χ1) is 10.4. The highest BCUT2D eigenvalue weighted by molar-refractivity contribution is 5.89. The van der Waals surface area contributed by atoms with Gasteiger partial charge in [-0.3, -0.25) is 0 Å². The number of ether oxygens (including phenoxy) is 1. The number of nitrogens with zero attached hydrogens (tertiary/aromatic N) is 1. The molecule has 0 radical (unpaired) electrons. The Kier molecular flexibility index (Phi) is 4.64. The first kappa shape index (κ1) is 15.8. The SMILES string of the molecule is Cc1[nH]c(C(=O)OCc2ccc(C#N)cc2)c(C)c1[C@@H](C)O. The number of aromatic nitrogens is 1. The molecule has 0 aliphatic rings. The molecule has 1 aromatic carbocycles. The third-order valence-electron chi connectivity index (χ3n) is 3.57. The first-order valence-corrected chi connectivity index (χ1v) is 6.97. The van der Waals surface area contributed by atoms with E-state index in [0.717, 1.165) is 16.8 Å². The van der Waals surface area contributed by atoms with Crippen molar-refractivity contribution in [3.8, 4) is 6.07 Å². The summed E-state index contributed by atoms with van der Waals surface area (Å²) in [4.78, 5) is 15.1. The van der Waals surface area contributed by atoms with E-state index in [0.29, 0.717) is 16.8 Å². The molecule has 0 saturated heterocycles. The quantitative estimate of drug-likeness (QED) is 0.850. The zero-order valence-electron chi connectivity index (χ0n) is 12.8. The summed E-state index contributed by atoms with van der Waals surface area (Å²) in [7, 11) is 0. The van der Waals surface area contributed by atoms with Crippen molar-refractivity contribution in [2.24, 2.45) is 0 Å². The van der Waals surface area contributed by atoms with E-state index in [9.17, 15) is 9.90 Å². The van der Waals surface area contributed by atoms with Gasteiger partial charge in [-0.15, -0.1) is 0 Å². The summed E-state index contributed by atoms with van der Waals surface area (Å²) in [5.41, 5.74) is 3.93. The van der Waals surface area contributed by atoms with Crippen molar-refractivity contribution in [1.29, 1.82) is 5.26 Å². The normalized spacial score (nSPS) is 11.8. The minimum atomic E-state index is -0.642. The van der Waals surface area contributed by atoms with Crippen LogP contribution in [0.1, 0.15) is 51.5 Å². The van der Waals surface area contributed by atoms with Crippen molar-refractivity contribution in [3.05, 3.63) is 57.9 Å². The number of aliphatic hydroxyl groups is 1. The largest absolute Gasteiger partial charge is 0.456 e. The Morgan fingerprint density at radius 3 is 2.50 bits per heavy atom. The Morgan fingerprint density at radius 1 is 1.36 bits per heavy atom. The van der Waals surface area contributed by atoms with Crippen molar-refractivity contribution in [1.82, 2.24) is 4.98 Å². The van der Waals surface area contributed by atoms with Crippen molar-refractivity contribution >= 4 is 5.97 Å². The lowest BCUT2D eigenvalue weighted by molar-refractivity contribution is 0.0465. The van der Waals surface area contributed by atoms with Gasteiger partial charge in [-0.2, -0.15) is 5.26 Å². The number of H-pyrrole nitrogens is 1. The summed E-state index contributed by atoms with van der Waals surface area (Å²) >= 11 is 0. The van der Waals surface area contributed by atoms with E-state index >= 15 is 0 Å². The van der Waals surface area contributed by atoms with Gasteiger partial charge in [0.05, 0.1) is 17.7 Å². The van der Waals surface area contributed by atoms with E-state index < -0.39 is 12.1 Å². The summed E-state index contributed by atoms with van der Waals surface area (Å²) in [5.74, 6) is -0.461. The molecular weight excluding hydrogens is 280 g/mol. The molecular formula is C17H18N2O3. The molecule has 0 aliphatic carbocycles. The molecule has 5 nitrogen and oxygen atoms in total. The molecule has 2 aromatic rings. The molecule has 2 rings (SSSR count). The maximum atomic E-state index is 12.2. The molecule has 0 spiro atoms. The summed E-state index contributed by atoms with van der Waals surface area (Å²) in [6.45, 7) is 5.39. The van der Waals surface area contributed by atoms with Crippen molar-refractivity contribution < 1.29 is 14.6 Å². The fourth-order valence-corrected chi connectivity index (χ4v) is 2.49. The lowest BCUT2D eigenvalue weighted by Gasteiger charge is -2.06. The van der Waals surface area contributed by atoms with Crippen LogP contribution in [0, 0.1) is 25.2 Å². The van der Waals surface area contributed by atoms with Crippen molar-refractivity contribution in [2.45, 2.75) is 33.5 Å². The second kappa shape index (κ2) is 6.46. The number of carbonyl (C=O) groups is 1. The fourth-order valence-electron chi connectivity index (χ4n) is 2.49. The van der Waals surface area contributed by atoms with E-state index in [2.05, 4.69) is 4.98 Å². The van der Waals surface area contributed by atoms with Gasteiger partial charge in [0.25, 0.3) is 0 Å². The Labute approximate surface area is 129 Å². The topological polar surface area (TPSA) is 86.1 Å². The number of hydrogen-bond donors (Lipinski definition) is 2. The van der Waals surface area contributed by atoms with Crippen molar-refractivity contribution in [2.75, 3.05) is 0 Å². The van der Waals surface area contributed by atoms with Gasteiger partial charge >= 0.3 is 5.97 Å². The number of hydrogen-bond acceptors (Lipinski definition) is 4. The standard InChI is InChI=1S/C17H18N2O3/c1-10-15(12(3)20)11(2)19-16(10)17(21)22-9-14-6-4-13(8-18)5-7-14/h4-7,12,19-20H,9H2,1-3H3/t12-/m1/s1. The number of aliphatic hydroxyl groups excluding tert-OH is 1. The lowest BCUT2D eigenvalue weighted by Crippen LogP contribution is -2.07. The predicted molar refractivity (Wildman–Crippen MR) is 81.2 cm³/mol. The molecule has 2 N–H and O–H groups in total. The molecule has 0 saturated carbocycles. The number of aryl methyl sites for hydroxylation is 1. The van der Waals surface area contributed by atoms with Crippen LogP contribution < -0.4 is 0 Å². The number of carbonyl (C=O) groups excluding carboxylic acids is 1. The number of nitriles is 1. The first-order valence-electron chi connectivity index (χ1n) is 6.97. The molecule has 1 aromatic heterocycles. The monoisotopic (exact) mass is 298 g/mol. The maximum Gasteiger partial charge on any atom is 0.355 e. The number of esters is 1. The highest BCUT2D eigenvalue weighted by atomic mass is 16.5. The highest BCUT2D eigenvalue weighted by Crippen LogP contribution is 2.25. The zero-order valence-corrected chi connectivity index (χ0v) is 12.8.